The number of ether oxygens (including phenoxy) is 1. The van der Waals surface area contributed by atoms with Crippen LogP contribution in [0.15, 0.2) is 0 Å². The molecule has 4 heteroatoms. The SMILES string of the molecule is CCOC(=O)N1CCC(CC2(N)CC2)CC1. The summed E-state index contributed by atoms with van der Waals surface area (Å²) >= 11 is 0. The van der Waals surface area contributed by atoms with Crippen LogP contribution in [0.1, 0.15) is 39.0 Å². The van der Waals surface area contributed by atoms with Gasteiger partial charge in [0.25, 0.3) is 0 Å². The van der Waals surface area contributed by atoms with E-state index < -0.39 is 0 Å². The maximum Gasteiger partial charge on any atom is 0.409 e. The molecule has 1 amide bonds. The summed E-state index contributed by atoms with van der Waals surface area (Å²) in [6.45, 7) is 3.97. The van der Waals surface area contributed by atoms with Crippen LogP contribution in [0.4, 0.5) is 4.79 Å². The summed E-state index contributed by atoms with van der Waals surface area (Å²) in [4.78, 5) is 13.3. The van der Waals surface area contributed by atoms with Crippen molar-refractivity contribution in [2.75, 3.05) is 19.7 Å². The highest BCUT2D eigenvalue weighted by atomic mass is 16.6. The average Bonchev–Trinajstić information content (AvgIpc) is 2.97. The molecule has 2 rings (SSSR count). The first-order chi connectivity index (χ1) is 7.63. The fourth-order valence-electron chi connectivity index (χ4n) is 2.47. The van der Waals surface area contributed by atoms with Crippen molar-refractivity contribution in [1.82, 2.24) is 4.90 Å². The Morgan fingerprint density at radius 3 is 2.56 bits per heavy atom. The summed E-state index contributed by atoms with van der Waals surface area (Å²) in [7, 11) is 0. The van der Waals surface area contributed by atoms with Gasteiger partial charge in [-0.25, -0.2) is 4.79 Å². The Balaban J connectivity index is 1.71. The van der Waals surface area contributed by atoms with E-state index >= 15 is 0 Å². The molecule has 2 N–H and O–H groups in total. The van der Waals surface area contributed by atoms with E-state index in [9.17, 15) is 4.79 Å². The Bertz CT molecular complexity index is 256. The molecule has 1 saturated heterocycles. The number of hydrogen-bond acceptors (Lipinski definition) is 3. The van der Waals surface area contributed by atoms with Gasteiger partial charge >= 0.3 is 6.09 Å². The van der Waals surface area contributed by atoms with E-state index in [0.29, 0.717) is 12.5 Å². The molecule has 92 valence electrons. The fourth-order valence-corrected chi connectivity index (χ4v) is 2.47. The Hall–Kier alpha value is -0.770. The van der Waals surface area contributed by atoms with E-state index in [2.05, 4.69) is 0 Å². The minimum absolute atomic E-state index is 0.150. The van der Waals surface area contributed by atoms with Crippen LogP contribution in [0.5, 0.6) is 0 Å². The van der Waals surface area contributed by atoms with Gasteiger partial charge in [0.15, 0.2) is 0 Å². The van der Waals surface area contributed by atoms with E-state index in [4.69, 9.17) is 10.5 Å². The number of piperidine rings is 1. The molecule has 0 aromatic rings. The van der Waals surface area contributed by atoms with Crippen LogP contribution in [0.25, 0.3) is 0 Å². The fraction of sp³-hybridized carbons (Fsp3) is 0.917. The highest BCUT2D eigenvalue weighted by molar-refractivity contribution is 5.67. The van der Waals surface area contributed by atoms with Crippen LogP contribution in [-0.4, -0.2) is 36.2 Å². The molecule has 1 heterocycles. The van der Waals surface area contributed by atoms with Crippen LogP contribution in [0.2, 0.25) is 0 Å². The minimum Gasteiger partial charge on any atom is -0.450 e. The summed E-state index contributed by atoms with van der Waals surface area (Å²) in [6.07, 6.45) is 5.52. The van der Waals surface area contributed by atoms with Gasteiger partial charge in [-0.05, 0) is 44.9 Å². The average molecular weight is 226 g/mol. The minimum atomic E-state index is -0.158. The van der Waals surface area contributed by atoms with Gasteiger partial charge in [-0.1, -0.05) is 0 Å². The van der Waals surface area contributed by atoms with Gasteiger partial charge in [-0.15, -0.1) is 0 Å². The second kappa shape index (κ2) is 4.62. The monoisotopic (exact) mass is 226 g/mol. The maximum atomic E-state index is 11.5. The maximum absolute atomic E-state index is 11.5. The van der Waals surface area contributed by atoms with Crippen molar-refractivity contribution in [3.63, 3.8) is 0 Å². The molecular formula is C12H22N2O2. The zero-order valence-corrected chi connectivity index (χ0v) is 10.1. The smallest absolute Gasteiger partial charge is 0.409 e. The normalized spacial score (nSPS) is 24.2. The molecule has 0 radical (unpaired) electrons. The Morgan fingerprint density at radius 2 is 2.06 bits per heavy atom. The quantitative estimate of drug-likeness (QED) is 0.797. The second-order valence-corrected chi connectivity index (χ2v) is 5.20. The van der Waals surface area contributed by atoms with E-state index in [1.165, 1.54) is 12.8 Å². The summed E-state index contributed by atoms with van der Waals surface area (Å²) in [5.74, 6) is 0.707. The van der Waals surface area contributed by atoms with Gasteiger partial charge in [0, 0.05) is 18.6 Å². The highest BCUT2D eigenvalue weighted by Crippen LogP contribution is 2.40. The van der Waals surface area contributed by atoms with E-state index in [-0.39, 0.29) is 11.6 Å². The van der Waals surface area contributed by atoms with Crippen molar-refractivity contribution < 1.29 is 9.53 Å². The zero-order valence-electron chi connectivity index (χ0n) is 10.1. The van der Waals surface area contributed by atoms with Crippen molar-refractivity contribution in [3.8, 4) is 0 Å². The topological polar surface area (TPSA) is 55.6 Å². The lowest BCUT2D eigenvalue weighted by Gasteiger charge is -2.32. The number of hydrogen-bond donors (Lipinski definition) is 1. The summed E-state index contributed by atoms with van der Waals surface area (Å²) in [6, 6.07) is 0. The first kappa shape index (κ1) is 11.7. The van der Waals surface area contributed by atoms with Crippen molar-refractivity contribution in [2.45, 2.75) is 44.6 Å². The van der Waals surface area contributed by atoms with Crippen molar-refractivity contribution in [2.24, 2.45) is 11.7 Å². The molecule has 4 nitrogen and oxygen atoms in total. The Labute approximate surface area is 97.1 Å². The molecular weight excluding hydrogens is 204 g/mol. The standard InChI is InChI=1S/C12H22N2O2/c1-2-16-11(15)14-7-3-10(4-8-14)9-12(13)5-6-12/h10H,2-9,13H2,1H3. The van der Waals surface area contributed by atoms with E-state index in [1.54, 1.807) is 0 Å². The number of amides is 1. The number of carbonyl (C=O) groups is 1. The first-order valence-corrected chi connectivity index (χ1v) is 6.33. The third kappa shape index (κ3) is 2.88. The van der Waals surface area contributed by atoms with Gasteiger partial charge in [-0.2, -0.15) is 0 Å². The van der Waals surface area contributed by atoms with Gasteiger partial charge in [-0.3, -0.25) is 0 Å². The zero-order chi connectivity index (χ0) is 11.6. The van der Waals surface area contributed by atoms with Crippen LogP contribution in [0, 0.1) is 5.92 Å². The van der Waals surface area contributed by atoms with Gasteiger partial charge in [0.2, 0.25) is 0 Å². The molecule has 0 aromatic heterocycles. The highest BCUT2D eigenvalue weighted by Gasteiger charge is 2.40. The Kier molecular flexibility index (Phi) is 3.38. The van der Waals surface area contributed by atoms with Gasteiger partial charge in [0.05, 0.1) is 6.61 Å². The largest absolute Gasteiger partial charge is 0.450 e. The predicted molar refractivity (Wildman–Crippen MR) is 62.1 cm³/mol. The van der Waals surface area contributed by atoms with Gasteiger partial charge < -0.3 is 15.4 Å². The third-order valence-corrected chi connectivity index (χ3v) is 3.73. The molecule has 0 aromatic carbocycles. The van der Waals surface area contributed by atoms with Crippen molar-refractivity contribution >= 4 is 6.09 Å². The summed E-state index contributed by atoms with van der Waals surface area (Å²) in [5.41, 5.74) is 6.26. The first-order valence-electron chi connectivity index (χ1n) is 6.33. The van der Waals surface area contributed by atoms with Crippen molar-refractivity contribution in [1.29, 1.82) is 0 Å². The summed E-state index contributed by atoms with van der Waals surface area (Å²) < 4.78 is 4.99. The molecule has 1 aliphatic carbocycles. The third-order valence-electron chi connectivity index (χ3n) is 3.73. The van der Waals surface area contributed by atoms with Crippen molar-refractivity contribution in [3.05, 3.63) is 0 Å². The lowest BCUT2D eigenvalue weighted by atomic mass is 9.89. The lowest BCUT2D eigenvalue weighted by molar-refractivity contribution is 0.0899. The molecule has 16 heavy (non-hydrogen) atoms. The molecule has 2 aliphatic rings. The van der Waals surface area contributed by atoms with Crippen LogP contribution in [0.3, 0.4) is 0 Å². The van der Waals surface area contributed by atoms with E-state index in [1.807, 2.05) is 11.8 Å². The number of rotatable bonds is 3. The molecule has 0 bridgehead atoms. The molecule has 1 saturated carbocycles. The van der Waals surface area contributed by atoms with E-state index in [0.717, 1.165) is 32.4 Å². The molecule has 0 spiro atoms. The van der Waals surface area contributed by atoms with Crippen LogP contribution in [-0.2, 0) is 4.74 Å². The van der Waals surface area contributed by atoms with Crippen LogP contribution < -0.4 is 5.73 Å². The molecule has 0 unspecified atom stereocenters. The van der Waals surface area contributed by atoms with Crippen LogP contribution >= 0.6 is 0 Å². The number of carbonyl (C=O) groups excluding carboxylic acids is 1. The van der Waals surface area contributed by atoms with Gasteiger partial charge in [0.1, 0.15) is 0 Å². The lowest BCUT2D eigenvalue weighted by Crippen LogP contribution is -2.40. The Morgan fingerprint density at radius 1 is 1.44 bits per heavy atom. The predicted octanol–water partition coefficient (Wildman–Crippen LogP) is 1.74. The molecule has 1 aliphatic heterocycles. The molecule has 2 fully saturated rings. The summed E-state index contributed by atoms with van der Waals surface area (Å²) in [5, 5.41) is 0. The number of nitrogens with two attached hydrogens (primary N) is 1. The molecule has 0 atom stereocenters. The second-order valence-electron chi connectivity index (χ2n) is 5.20. The number of nitrogens with zero attached hydrogens (tertiary/aromatic N) is 1. The number of likely N-dealkylation sites (tertiary alicyclic amines) is 1.